The first-order chi connectivity index (χ1) is 9.77. The van der Waals surface area contributed by atoms with Crippen LogP contribution in [0.3, 0.4) is 0 Å². The van der Waals surface area contributed by atoms with Crippen LogP contribution in [0.4, 0.5) is 10.1 Å². The van der Waals surface area contributed by atoms with E-state index < -0.39 is 39.4 Å². The van der Waals surface area contributed by atoms with Crippen molar-refractivity contribution in [3.63, 3.8) is 0 Å². The summed E-state index contributed by atoms with van der Waals surface area (Å²) in [5, 5.41) is 22.1. The van der Waals surface area contributed by atoms with Crippen molar-refractivity contribution in [3.05, 3.63) is 39.7 Å². The van der Waals surface area contributed by atoms with Gasteiger partial charge in [-0.3, -0.25) is 14.9 Å². The first-order valence-electron chi connectivity index (χ1n) is 6.27. The lowest BCUT2D eigenvalue weighted by molar-refractivity contribution is -0.384. The highest BCUT2D eigenvalue weighted by Crippen LogP contribution is 2.20. The summed E-state index contributed by atoms with van der Waals surface area (Å²) in [7, 11) is 0. The number of rotatable bonds is 6. The number of aliphatic carboxylic acids is 1. The first-order valence-corrected chi connectivity index (χ1v) is 6.27. The van der Waals surface area contributed by atoms with Gasteiger partial charge in [-0.15, -0.1) is 0 Å². The standard InChI is InChI=1S/C13H15FN2O5/c1-3-13(4-2,12(18)19)15-11(17)9-7-8(16(20)21)5-6-10(9)14/h5-7H,3-4H2,1-2H3,(H,15,17)(H,18,19). The van der Waals surface area contributed by atoms with Crippen LogP contribution in [-0.4, -0.2) is 27.4 Å². The summed E-state index contributed by atoms with van der Waals surface area (Å²) < 4.78 is 13.6. The number of carbonyl (C=O) groups excluding carboxylic acids is 1. The minimum Gasteiger partial charge on any atom is -0.480 e. The van der Waals surface area contributed by atoms with Gasteiger partial charge >= 0.3 is 5.97 Å². The van der Waals surface area contributed by atoms with Gasteiger partial charge in [0.2, 0.25) is 0 Å². The maximum atomic E-state index is 13.6. The molecule has 114 valence electrons. The highest BCUT2D eigenvalue weighted by Gasteiger charge is 2.37. The zero-order valence-electron chi connectivity index (χ0n) is 11.6. The predicted octanol–water partition coefficient (Wildman–Crippen LogP) is 2.11. The number of carboxylic acid groups (broad SMARTS) is 1. The predicted molar refractivity (Wildman–Crippen MR) is 71.5 cm³/mol. The molecule has 0 saturated heterocycles. The van der Waals surface area contributed by atoms with E-state index in [1.54, 1.807) is 13.8 Å². The van der Waals surface area contributed by atoms with Gasteiger partial charge in [0.05, 0.1) is 10.5 Å². The largest absolute Gasteiger partial charge is 0.480 e. The SMILES string of the molecule is CCC(CC)(NC(=O)c1cc([N+](=O)[O-])ccc1F)C(=O)O. The number of hydrogen-bond donors (Lipinski definition) is 2. The van der Waals surface area contributed by atoms with Gasteiger partial charge in [0, 0.05) is 12.1 Å². The summed E-state index contributed by atoms with van der Waals surface area (Å²) in [6.07, 6.45) is 0.197. The molecular formula is C13H15FN2O5. The summed E-state index contributed by atoms with van der Waals surface area (Å²) in [6, 6.07) is 2.51. The van der Waals surface area contributed by atoms with Crippen molar-refractivity contribution in [2.75, 3.05) is 0 Å². The molecule has 1 aromatic rings. The number of nitro benzene ring substituents is 1. The topological polar surface area (TPSA) is 110 Å². The van der Waals surface area contributed by atoms with Crippen LogP contribution in [-0.2, 0) is 4.79 Å². The zero-order chi connectivity index (χ0) is 16.2. The van der Waals surface area contributed by atoms with E-state index in [9.17, 15) is 29.2 Å². The molecule has 0 radical (unpaired) electrons. The van der Waals surface area contributed by atoms with Crippen LogP contribution < -0.4 is 5.32 Å². The molecule has 0 aliphatic rings. The number of benzene rings is 1. The number of carboxylic acids is 1. The molecule has 7 nitrogen and oxygen atoms in total. The summed E-state index contributed by atoms with van der Waals surface area (Å²) in [6.45, 7) is 3.14. The second kappa shape index (κ2) is 6.29. The maximum Gasteiger partial charge on any atom is 0.329 e. The number of nitro groups is 1. The number of hydrogen-bond acceptors (Lipinski definition) is 4. The van der Waals surface area contributed by atoms with Gasteiger partial charge in [-0.1, -0.05) is 13.8 Å². The van der Waals surface area contributed by atoms with Crippen LogP contribution in [0.5, 0.6) is 0 Å². The summed E-state index contributed by atoms with van der Waals surface area (Å²) in [5.74, 6) is -3.20. The van der Waals surface area contributed by atoms with Crippen LogP contribution >= 0.6 is 0 Å². The molecule has 0 aliphatic carbocycles. The van der Waals surface area contributed by atoms with Crippen molar-refractivity contribution >= 4 is 17.6 Å². The van der Waals surface area contributed by atoms with Crippen LogP contribution in [0.2, 0.25) is 0 Å². The second-order valence-electron chi connectivity index (χ2n) is 4.47. The smallest absolute Gasteiger partial charge is 0.329 e. The van der Waals surface area contributed by atoms with Gasteiger partial charge in [-0.05, 0) is 18.9 Å². The summed E-state index contributed by atoms with van der Waals surface area (Å²) in [5.41, 5.74) is -2.54. The van der Waals surface area contributed by atoms with Crippen LogP contribution in [0.1, 0.15) is 37.0 Å². The Morgan fingerprint density at radius 3 is 2.38 bits per heavy atom. The Balaban J connectivity index is 3.17. The zero-order valence-corrected chi connectivity index (χ0v) is 11.6. The number of nitrogens with zero attached hydrogens (tertiary/aromatic N) is 1. The molecule has 0 bridgehead atoms. The summed E-state index contributed by atoms with van der Waals surface area (Å²) >= 11 is 0. The van der Waals surface area contributed by atoms with Gasteiger partial charge in [-0.2, -0.15) is 0 Å². The van der Waals surface area contributed by atoms with E-state index in [1.807, 2.05) is 0 Å². The average molecular weight is 298 g/mol. The molecule has 0 saturated carbocycles. The monoisotopic (exact) mass is 298 g/mol. The fraction of sp³-hybridized carbons (Fsp3) is 0.385. The van der Waals surface area contributed by atoms with Crippen LogP contribution in [0.25, 0.3) is 0 Å². The van der Waals surface area contributed by atoms with Crippen LogP contribution in [0.15, 0.2) is 18.2 Å². The number of halogens is 1. The number of non-ortho nitro benzene ring substituents is 1. The molecule has 21 heavy (non-hydrogen) atoms. The third kappa shape index (κ3) is 3.33. The molecule has 0 fully saturated rings. The molecule has 0 atom stereocenters. The molecule has 0 aliphatic heterocycles. The van der Waals surface area contributed by atoms with Crippen LogP contribution in [0, 0.1) is 15.9 Å². The van der Waals surface area contributed by atoms with E-state index in [0.717, 1.165) is 18.2 Å². The highest BCUT2D eigenvalue weighted by molar-refractivity contribution is 5.98. The minimum atomic E-state index is -1.53. The molecule has 0 heterocycles. The quantitative estimate of drug-likeness (QED) is 0.617. The molecule has 1 amide bonds. The minimum absolute atomic E-state index is 0.0983. The van der Waals surface area contributed by atoms with Gasteiger partial charge in [0.25, 0.3) is 11.6 Å². The van der Waals surface area contributed by atoms with E-state index in [2.05, 4.69) is 5.32 Å². The fourth-order valence-corrected chi connectivity index (χ4v) is 1.87. The number of carbonyl (C=O) groups is 2. The molecule has 2 N–H and O–H groups in total. The lowest BCUT2D eigenvalue weighted by Crippen LogP contribution is -2.53. The molecule has 1 rings (SSSR count). The summed E-state index contributed by atoms with van der Waals surface area (Å²) in [4.78, 5) is 33.2. The fourth-order valence-electron chi connectivity index (χ4n) is 1.87. The van der Waals surface area contributed by atoms with E-state index in [4.69, 9.17) is 0 Å². The van der Waals surface area contributed by atoms with Crippen molar-refractivity contribution in [2.24, 2.45) is 0 Å². The lowest BCUT2D eigenvalue weighted by atomic mass is 9.92. The van der Waals surface area contributed by atoms with Gasteiger partial charge in [-0.25, -0.2) is 9.18 Å². The Morgan fingerprint density at radius 2 is 1.95 bits per heavy atom. The van der Waals surface area contributed by atoms with Crippen molar-refractivity contribution < 1.29 is 24.0 Å². The number of amides is 1. The second-order valence-corrected chi connectivity index (χ2v) is 4.47. The van der Waals surface area contributed by atoms with Gasteiger partial charge in [0.15, 0.2) is 0 Å². The maximum absolute atomic E-state index is 13.6. The van der Waals surface area contributed by atoms with E-state index in [-0.39, 0.29) is 12.8 Å². The van der Waals surface area contributed by atoms with Gasteiger partial charge < -0.3 is 10.4 Å². The molecule has 8 heteroatoms. The molecule has 0 unspecified atom stereocenters. The molecule has 0 aromatic heterocycles. The highest BCUT2D eigenvalue weighted by atomic mass is 19.1. The lowest BCUT2D eigenvalue weighted by Gasteiger charge is -2.28. The Labute approximate surface area is 119 Å². The molecule has 0 spiro atoms. The van der Waals surface area contributed by atoms with Gasteiger partial charge in [0.1, 0.15) is 11.4 Å². The average Bonchev–Trinajstić information content (AvgIpc) is 2.44. The van der Waals surface area contributed by atoms with Crippen molar-refractivity contribution in [2.45, 2.75) is 32.2 Å². The first kappa shape index (κ1) is 16.5. The van der Waals surface area contributed by atoms with Crippen molar-refractivity contribution in [1.29, 1.82) is 0 Å². The Morgan fingerprint density at radius 1 is 1.38 bits per heavy atom. The van der Waals surface area contributed by atoms with Crippen molar-refractivity contribution in [3.8, 4) is 0 Å². The normalized spacial score (nSPS) is 11.0. The Bertz CT molecular complexity index is 584. The third-order valence-corrected chi connectivity index (χ3v) is 3.37. The Hall–Kier alpha value is -2.51. The van der Waals surface area contributed by atoms with E-state index >= 15 is 0 Å². The molecule has 1 aromatic carbocycles. The number of nitrogens with one attached hydrogen (secondary N) is 1. The Kier molecular flexibility index (Phi) is 4.96. The van der Waals surface area contributed by atoms with E-state index in [1.165, 1.54) is 0 Å². The van der Waals surface area contributed by atoms with Crippen molar-refractivity contribution in [1.82, 2.24) is 5.32 Å². The third-order valence-electron chi connectivity index (χ3n) is 3.37. The molecular weight excluding hydrogens is 283 g/mol. The van der Waals surface area contributed by atoms with E-state index in [0.29, 0.717) is 0 Å².